The smallest absolute Gasteiger partial charge is 0.240 e. The molecule has 1 aliphatic rings. The van der Waals surface area contributed by atoms with Crippen molar-refractivity contribution in [2.75, 3.05) is 13.1 Å². The number of carbonyl (C=O) groups is 1. The fraction of sp³-hybridized carbons (Fsp3) is 0.650. The molecule has 2 unspecified atom stereocenters. The molecule has 1 aromatic rings. The van der Waals surface area contributed by atoms with Gasteiger partial charge in [0, 0.05) is 25.2 Å². The van der Waals surface area contributed by atoms with Crippen molar-refractivity contribution in [3.8, 4) is 0 Å². The third-order valence-electron chi connectivity index (χ3n) is 4.94. The minimum absolute atomic E-state index is 0.103. The van der Waals surface area contributed by atoms with Crippen molar-refractivity contribution in [2.45, 2.75) is 65.2 Å². The molecule has 1 saturated heterocycles. The van der Waals surface area contributed by atoms with Crippen molar-refractivity contribution in [3.63, 3.8) is 0 Å². The number of amides is 1. The lowest BCUT2D eigenvalue weighted by Gasteiger charge is -2.42. The molecule has 2 N–H and O–H groups in total. The highest BCUT2D eigenvalue weighted by molar-refractivity contribution is 5.82. The molecule has 24 heavy (non-hydrogen) atoms. The number of nitrogens with two attached hydrogens (primary N) is 1. The lowest BCUT2D eigenvalue weighted by Crippen LogP contribution is -2.57. The molecule has 1 amide bonds. The van der Waals surface area contributed by atoms with Gasteiger partial charge in [0.15, 0.2) is 0 Å². The standard InChI is InChI=1S/C20H33N3O/c1-15(2)19(21)20(24)23(16(3)4)18-11-8-12-22(14-18)13-17-9-6-5-7-10-17/h5-7,9-10,15-16,18-19H,8,11-14,21H2,1-4H3. The highest BCUT2D eigenvalue weighted by atomic mass is 16.2. The van der Waals surface area contributed by atoms with Crippen molar-refractivity contribution in [1.82, 2.24) is 9.80 Å². The van der Waals surface area contributed by atoms with Crippen molar-refractivity contribution in [1.29, 1.82) is 0 Å². The van der Waals surface area contributed by atoms with Gasteiger partial charge in [0.25, 0.3) is 0 Å². The normalized spacial score (nSPS) is 20.4. The van der Waals surface area contributed by atoms with Crippen LogP contribution in [0.2, 0.25) is 0 Å². The van der Waals surface area contributed by atoms with E-state index in [0.29, 0.717) is 0 Å². The van der Waals surface area contributed by atoms with Gasteiger partial charge in [-0.3, -0.25) is 9.69 Å². The Kier molecular flexibility index (Phi) is 6.81. The molecule has 0 saturated carbocycles. The molecule has 1 fully saturated rings. The Bertz CT molecular complexity index is 515. The van der Waals surface area contributed by atoms with Crippen LogP contribution in [0.25, 0.3) is 0 Å². The summed E-state index contributed by atoms with van der Waals surface area (Å²) in [6.07, 6.45) is 2.20. The van der Waals surface area contributed by atoms with E-state index in [1.165, 1.54) is 5.56 Å². The van der Waals surface area contributed by atoms with Gasteiger partial charge in [-0.05, 0) is 44.7 Å². The predicted molar refractivity (Wildman–Crippen MR) is 99.5 cm³/mol. The quantitative estimate of drug-likeness (QED) is 0.872. The average Bonchev–Trinajstić information content (AvgIpc) is 2.55. The van der Waals surface area contributed by atoms with Crippen LogP contribution in [-0.2, 0) is 11.3 Å². The number of hydrogen-bond acceptors (Lipinski definition) is 3. The third kappa shape index (κ3) is 4.81. The number of piperidine rings is 1. The first kappa shape index (κ1) is 18.9. The monoisotopic (exact) mass is 331 g/mol. The zero-order chi connectivity index (χ0) is 17.7. The molecular formula is C20H33N3O. The molecule has 2 rings (SSSR count). The average molecular weight is 332 g/mol. The van der Waals surface area contributed by atoms with E-state index in [-0.39, 0.29) is 23.9 Å². The van der Waals surface area contributed by atoms with Crippen LogP contribution in [0.4, 0.5) is 0 Å². The van der Waals surface area contributed by atoms with Gasteiger partial charge >= 0.3 is 0 Å². The first-order valence-corrected chi connectivity index (χ1v) is 9.24. The van der Waals surface area contributed by atoms with Gasteiger partial charge in [0.2, 0.25) is 5.91 Å². The fourth-order valence-corrected chi connectivity index (χ4v) is 3.56. The fourth-order valence-electron chi connectivity index (χ4n) is 3.56. The lowest BCUT2D eigenvalue weighted by atomic mass is 9.98. The molecule has 0 bridgehead atoms. The number of likely N-dealkylation sites (tertiary alicyclic amines) is 1. The van der Waals surface area contributed by atoms with Gasteiger partial charge in [-0.1, -0.05) is 44.2 Å². The van der Waals surface area contributed by atoms with E-state index < -0.39 is 6.04 Å². The van der Waals surface area contributed by atoms with Crippen LogP contribution in [-0.4, -0.2) is 46.9 Å². The second-order valence-corrected chi connectivity index (χ2v) is 7.63. The van der Waals surface area contributed by atoms with E-state index in [1.54, 1.807) is 0 Å². The Balaban J connectivity index is 2.06. The van der Waals surface area contributed by atoms with E-state index in [4.69, 9.17) is 5.73 Å². The summed E-state index contributed by atoms with van der Waals surface area (Å²) in [6, 6.07) is 10.6. The van der Waals surface area contributed by atoms with Crippen LogP contribution in [0.1, 0.15) is 46.1 Å². The van der Waals surface area contributed by atoms with E-state index in [1.807, 2.05) is 18.7 Å². The highest BCUT2D eigenvalue weighted by Gasteiger charge is 2.33. The van der Waals surface area contributed by atoms with E-state index >= 15 is 0 Å². The first-order valence-electron chi connectivity index (χ1n) is 9.24. The van der Waals surface area contributed by atoms with E-state index in [2.05, 4.69) is 49.1 Å². The summed E-state index contributed by atoms with van der Waals surface area (Å²) < 4.78 is 0. The molecule has 2 atom stereocenters. The number of nitrogens with zero attached hydrogens (tertiary/aromatic N) is 2. The predicted octanol–water partition coefficient (Wildman–Crippen LogP) is 2.87. The molecule has 4 heteroatoms. The summed E-state index contributed by atoms with van der Waals surface area (Å²) in [5.41, 5.74) is 7.49. The maximum atomic E-state index is 12.9. The number of hydrogen-bond donors (Lipinski definition) is 1. The number of rotatable bonds is 6. The molecule has 1 heterocycles. The molecular weight excluding hydrogens is 298 g/mol. The maximum Gasteiger partial charge on any atom is 0.240 e. The van der Waals surface area contributed by atoms with Crippen molar-refractivity contribution in [2.24, 2.45) is 11.7 Å². The third-order valence-corrected chi connectivity index (χ3v) is 4.94. The van der Waals surface area contributed by atoms with Gasteiger partial charge in [0.05, 0.1) is 6.04 Å². The largest absolute Gasteiger partial charge is 0.335 e. The zero-order valence-electron chi connectivity index (χ0n) is 15.6. The van der Waals surface area contributed by atoms with Crippen molar-refractivity contribution >= 4 is 5.91 Å². The lowest BCUT2D eigenvalue weighted by molar-refractivity contribution is -0.139. The molecule has 1 aromatic carbocycles. The SMILES string of the molecule is CC(C)C(N)C(=O)N(C(C)C)C1CCCN(Cc2ccccc2)C1. The Hall–Kier alpha value is -1.39. The molecule has 4 nitrogen and oxygen atoms in total. The summed E-state index contributed by atoms with van der Waals surface area (Å²) >= 11 is 0. The van der Waals surface area contributed by atoms with Crippen LogP contribution in [0.3, 0.4) is 0 Å². The van der Waals surface area contributed by atoms with Crippen molar-refractivity contribution in [3.05, 3.63) is 35.9 Å². The summed E-state index contributed by atoms with van der Waals surface area (Å²) in [7, 11) is 0. The minimum atomic E-state index is -0.406. The first-order chi connectivity index (χ1) is 11.4. The van der Waals surface area contributed by atoms with Gasteiger partial charge < -0.3 is 10.6 Å². The van der Waals surface area contributed by atoms with Gasteiger partial charge in [-0.2, -0.15) is 0 Å². The van der Waals surface area contributed by atoms with Crippen LogP contribution in [0.5, 0.6) is 0 Å². The maximum absolute atomic E-state index is 12.9. The molecule has 1 aliphatic heterocycles. The summed E-state index contributed by atoms with van der Waals surface area (Å²) in [5.74, 6) is 0.273. The molecule has 0 aromatic heterocycles. The second-order valence-electron chi connectivity index (χ2n) is 7.63. The topological polar surface area (TPSA) is 49.6 Å². The highest BCUT2D eigenvalue weighted by Crippen LogP contribution is 2.21. The minimum Gasteiger partial charge on any atom is -0.335 e. The zero-order valence-corrected chi connectivity index (χ0v) is 15.6. The van der Waals surface area contributed by atoms with E-state index in [0.717, 1.165) is 32.5 Å². The van der Waals surface area contributed by atoms with Crippen LogP contribution < -0.4 is 5.73 Å². The summed E-state index contributed by atoms with van der Waals surface area (Å²) in [4.78, 5) is 17.4. The molecule has 134 valence electrons. The summed E-state index contributed by atoms with van der Waals surface area (Å²) in [5, 5.41) is 0. The number of carbonyl (C=O) groups excluding carboxylic acids is 1. The van der Waals surface area contributed by atoms with Gasteiger partial charge in [-0.25, -0.2) is 0 Å². The second kappa shape index (κ2) is 8.63. The molecule has 0 spiro atoms. The molecule has 0 aliphatic carbocycles. The Morgan fingerprint density at radius 1 is 1.25 bits per heavy atom. The van der Waals surface area contributed by atoms with Gasteiger partial charge in [0.1, 0.15) is 0 Å². The molecule has 0 radical (unpaired) electrons. The van der Waals surface area contributed by atoms with Crippen LogP contribution in [0.15, 0.2) is 30.3 Å². The number of benzene rings is 1. The Morgan fingerprint density at radius 3 is 2.50 bits per heavy atom. The van der Waals surface area contributed by atoms with E-state index in [9.17, 15) is 4.79 Å². The Morgan fingerprint density at radius 2 is 1.92 bits per heavy atom. The van der Waals surface area contributed by atoms with Crippen LogP contribution in [0, 0.1) is 5.92 Å². The Labute approximate surface area is 147 Å². The van der Waals surface area contributed by atoms with Crippen molar-refractivity contribution < 1.29 is 4.79 Å². The van der Waals surface area contributed by atoms with Gasteiger partial charge in [-0.15, -0.1) is 0 Å². The van der Waals surface area contributed by atoms with Crippen LogP contribution >= 0.6 is 0 Å². The summed E-state index contributed by atoms with van der Waals surface area (Å²) in [6.45, 7) is 11.2.